The fraction of sp³-hybridized carbons (Fsp3) is 0.364. The highest BCUT2D eigenvalue weighted by Crippen LogP contribution is 2.25. The first-order valence-corrected chi connectivity index (χ1v) is 5.25. The van der Waals surface area contributed by atoms with Crippen molar-refractivity contribution in [1.29, 1.82) is 0 Å². The van der Waals surface area contributed by atoms with Crippen LogP contribution in [0.3, 0.4) is 0 Å². The van der Waals surface area contributed by atoms with E-state index in [1.54, 1.807) is 0 Å². The monoisotopic (exact) mass is 240 g/mol. The number of nitrogens with one attached hydrogen (secondary N) is 2. The molecule has 6 heteroatoms. The predicted molar refractivity (Wildman–Crippen MR) is 59.2 cm³/mol. The molecule has 1 aromatic rings. The van der Waals surface area contributed by atoms with Crippen molar-refractivity contribution in [3.63, 3.8) is 0 Å². The second-order valence-corrected chi connectivity index (χ2v) is 3.88. The molecule has 0 saturated carbocycles. The Morgan fingerprint density at radius 2 is 2.29 bits per heavy atom. The first-order chi connectivity index (χ1) is 8.11. The summed E-state index contributed by atoms with van der Waals surface area (Å²) in [4.78, 5) is 11.4. The van der Waals surface area contributed by atoms with Gasteiger partial charge in [-0.25, -0.2) is 4.39 Å². The topological polar surface area (TPSA) is 81.6 Å². The molecule has 1 unspecified atom stereocenters. The normalized spacial score (nSPS) is 15.4. The van der Waals surface area contributed by atoms with Crippen molar-refractivity contribution in [3.05, 3.63) is 29.1 Å². The third-order valence-corrected chi connectivity index (χ3v) is 2.62. The number of aliphatic hydroxyl groups is 2. The van der Waals surface area contributed by atoms with Crippen LogP contribution in [0.1, 0.15) is 15.9 Å². The summed E-state index contributed by atoms with van der Waals surface area (Å²) in [5, 5.41) is 23.3. The van der Waals surface area contributed by atoms with Gasteiger partial charge in [0, 0.05) is 29.9 Å². The maximum atomic E-state index is 13.3. The number of carbonyl (C=O) groups is 1. The van der Waals surface area contributed by atoms with Crippen LogP contribution >= 0.6 is 0 Å². The summed E-state index contributed by atoms with van der Waals surface area (Å²) in [5.74, 6) is -0.813. The lowest BCUT2D eigenvalue weighted by Gasteiger charge is -2.13. The van der Waals surface area contributed by atoms with Crippen molar-refractivity contribution in [2.24, 2.45) is 0 Å². The fourth-order valence-electron chi connectivity index (χ4n) is 1.74. The third-order valence-electron chi connectivity index (χ3n) is 2.62. The van der Waals surface area contributed by atoms with E-state index in [1.807, 2.05) is 0 Å². The summed E-state index contributed by atoms with van der Waals surface area (Å²) >= 11 is 0. The number of aliphatic hydroxyl groups excluding tert-OH is 2. The van der Waals surface area contributed by atoms with Gasteiger partial charge in [-0.3, -0.25) is 4.79 Å². The molecule has 0 fully saturated rings. The Morgan fingerprint density at radius 3 is 3.00 bits per heavy atom. The molecular weight excluding hydrogens is 227 g/mol. The van der Waals surface area contributed by atoms with E-state index in [4.69, 9.17) is 5.11 Å². The molecule has 92 valence electrons. The lowest BCUT2D eigenvalue weighted by atomic mass is 10.1. The summed E-state index contributed by atoms with van der Waals surface area (Å²) in [7, 11) is 0. The van der Waals surface area contributed by atoms with Crippen molar-refractivity contribution in [3.8, 4) is 0 Å². The van der Waals surface area contributed by atoms with Crippen molar-refractivity contribution >= 4 is 11.6 Å². The molecule has 0 aliphatic carbocycles. The van der Waals surface area contributed by atoms with Gasteiger partial charge in [0.25, 0.3) is 5.91 Å². The van der Waals surface area contributed by atoms with E-state index in [0.29, 0.717) is 23.4 Å². The van der Waals surface area contributed by atoms with Crippen LogP contribution in [0.5, 0.6) is 0 Å². The van der Waals surface area contributed by atoms with Gasteiger partial charge in [-0.1, -0.05) is 0 Å². The van der Waals surface area contributed by atoms with E-state index < -0.39 is 11.9 Å². The minimum Gasteiger partial charge on any atom is -0.394 e. The minimum atomic E-state index is -0.918. The van der Waals surface area contributed by atoms with Crippen molar-refractivity contribution < 1.29 is 19.4 Å². The van der Waals surface area contributed by atoms with E-state index in [2.05, 4.69) is 10.6 Å². The molecule has 1 heterocycles. The lowest BCUT2D eigenvalue weighted by Crippen LogP contribution is -2.23. The predicted octanol–water partition coefficient (Wildman–Crippen LogP) is -0.166. The van der Waals surface area contributed by atoms with Crippen molar-refractivity contribution in [2.75, 3.05) is 18.5 Å². The van der Waals surface area contributed by atoms with Crippen LogP contribution in [0.4, 0.5) is 10.1 Å². The number of halogens is 1. The van der Waals surface area contributed by atoms with Gasteiger partial charge in [-0.2, -0.15) is 0 Å². The third kappa shape index (κ3) is 2.37. The Bertz CT molecular complexity index is 451. The molecule has 0 saturated heterocycles. The Kier molecular flexibility index (Phi) is 3.26. The van der Waals surface area contributed by atoms with Crippen molar-refractivity contribution in [1.82, 2.24) is 5.32 Å². The van der Waals surface area contributed by atoms with Crippen LogP contribution in [0, 0.1) is 5.82 Å². The smallest absolute Gasteiger partial charge is 0.252 e. The summed E-state index contributed by atoms with van der Waals surface area (Å²) in [6.07, 6.45) is -0.918. The quantitative estimate of drug-likeness (QED) is 0.589. The van der Waals surface area contributed by atoms with Crippen LogP contribution < -0.4 is 10.6 Å². The first-order valence-electron chi connectivity index (χ1n) is 5.25. The van der Waals surface area contributed by atoms with Crippen LogP contribution in [-0.2, 0) is 6.54 Å². The van der Waals surface area contributed by atoms with Gasteiger partial charge in [0.1, 0.15) is 5.82 Å². The highest BCUT2D eigenvalue weighted by Gasteiger charge is 2.23. The molecule has 1 aliphatic rings. The fourth-order valence-corrected chi connectivity index (χ4v) is 1.74. The largest absolute Gasteiger partial charge is 0.394 e. The Morgan fingerprint density at radius 1 is 1.53 bits per heavy atom. The van der Waals surface area contributed by atoms with Crippen LogP contribution in [0.15, 0.2) is 12.1 Å². The van der Waals surface area contributed by atoms with E-state index in [1.165, 1.54) is 12.1 Å². The average molecular weight is 240 g/mol. The van der Waals surface area contributed by atoms with E-state index in [-0.39, 0.29) is 19.1 Å². The molecule has 1 aromatic carbocycles. The number of benzene rings is 1. The molecule has 1 amide bonds. The van der Waals surface area contributed by atoms with Gasteiger partial charge in [-0.05, 0) is 12.1 Å². The summed E-state index contributed by atoms with van der Waals surface area (Å²) in [5.41, 5.74) is 1.46. The molecule has 17 heavy (non-hydrogen) atoms. The van der Waals surface area contributed by atoms with Crippen LogP contribution in [0.2, 0.25) is 0 Å². The van der Waals surface area contributed by atoms with Crippen molar-refractivity contribution in [2.45, 2.75) is 12.6 Å². The average Bonchev–Trinajstić information content (AvgIpc) is 2.68. The zero-order valence-electron chi connectivity index (χ0n) is 9.03. The molecule has 0 bridgehead atoms. The maximum Gasteiger partial charge on any atom is 0.252 e. The number of fused-ring (bicyclic) bond motifs is 1. The minimum absolute atomic E-state index is 0.0978. The van der Waals surface area contributed by atoms with Gasteiger partial charge < -0.3 is 20.8 Å². The van der Waals surface area contributed by atoms with E-state index >= 15 is 0 Å². The van der Waals surface area contributed by atoms with Gasteiger partial charge in [0.15, 0.2) is 0 Å². The number of amides is 1. The second kappa shape index (κ2) is 4.68. The van der Waals surface area contributed by atoms with Gasteiger partial charge >= 0.3 is 0 Å². The standard InChI is InChI=1S/C11H13FN2O3/c12-6-1-8-9(4-14-11(8)17)10(2-6)13-3-7(16)5-15/h1-2,7,13,15-16H,3-5H2,(H,14,17). The zero-order valence-corrected chi connectivity index (χ0v) is 9.03. The molecule has 5 nitrogen and oxygen atoms in total. The zero-order chi connectivity index (χ0) is 12.4. The molecule has 0 spiro atoms. The first kappa shape index (κ1) is 11.8. The number of hydrogen-bond donors (Lipinski definition) is 4. The Balaban J connectivity index is 2.23. The Labute approximate surface area is 97.3 Å². The SMILES string of the molecule is O=C1NCc2c(NCC(O)CO)cc(F)cc21. The molecular formula is C11H13FN2O3. The molecule has 4 N–H and O–H groups in total. The summed E-state index contributed by atoms with van der Waals surface area (Å²) < 4.78 is 13.3. The lowest BCUT2D eigenvalue weighted by molar-refractivity contribution is 0.0965. The van der Waals surface area contributed by atoms with Crippen LogP contribution in [-0.4, -0.2) is 35.4 Å². The molecule has 0 aromatic heterocycles. The Hall–Kier alpha value is -1.66. The summed E-state index contributed by atoms with van der Waals surface area (Å²) in [6.45, 7) is 0.0638. The number of hydrogen-bond acceptors (Lipinski definition) is 4. The number of rotatable bonds is 4. The van der Waals surface area contributed by atoms with Gasteiger partial charge in [0.2, 0.25) is 0 Å². The molecule has 1 atom stereocenters. The number of carbonyl (C=O) groups excluding carboxylic acids is 1. The van der Waals surface area contributed by atoms with E-state index in [0.717, 1.165) is 0 Å². The van der Waals surface area contributed by atoms with E-state index in [9.17, 15) is 14.3 Å². The maximum absolute atomic E-state index is 13.3. The van der Waals surface area contributed by atoms with Crippen LogP contribution in [0.25, 0.3) is 0 Å². The second-order valence-electron chi connectivity index (χ2n) is 3.88. The molecule has 2 rings (SSSR count). The number of anilines is 1. The van der Waals surface area contributed by atoms with Gasteiger partial charge in [0.05, 0.1) is 12.7 Å². The molecule has 1 aliphatic heterocycles. The summed E-state index contributed by atoms with van der Waals surface area (Å²) in [6, 6.07) is 2.45. The van der Waals surface area contributed by atoms with Gasteiger partial charge in [-0.15, -0.1) is 0 Å². The molecule has 0 radical (unpaired) electrons. The highest BCUT2D eigenvalue weighted by molar-refractivity contribution is 6.00. The highest BCUT2D eigenvalue weighted by atomic mass is 19.1.